The van der Waals surface area contributed by atoms with Gasteiger partial charge in [-0.2, -0.15) is 4.98 Å². The van der Waals surface area contributed by atoms with E-state index in [0.717, 1.165) is 31.6 Å². The third-order valence-corrected chi connectivity index (χ3v) is 5.54. The molecule has 1 aromatic carbocycles. The molecule has 2 atom stereocenters. The second kappa shape index (κ2) is 7.50. The first-order valence-corrected chi connectivity index (χ1v) is 9.65. The SMILES string of the molecule is C[C@H](c1cc(Cl)ccc1Cl)n1c(=O)[nH]c2cnc(NCC3CCNC3)nc21. The number of aromatic nitrogens is 4. The van der Waals surface area contributed by atoms with Gasteiger partial charge < -0.3 is 15.6 Å². The molecule has 0 saturated carbocycles. The zero-order valence-corrected chi connectivity index (χ0v) is 16.3. The highest BCUT2D eigenvalue weighted by Crippen LogP contribution is 2.29. The molecular weight excluding hydrogens is 387 g/mol. The van der Waals surface area contributed by atoms with Crippen molar-refractivity contribution in [2.45, 2.75) is 19.4 Å². The number of halogens is 2. The molecule has 1 aliphatic rings. The van der Waals surface area contributed by atoms with Gasteiger partial charge in [0, 0.05) is 16.6 Å². The summed E-state index contributed by atoms with van der Waals surface area (Å²) < 4.78 is 1.58. The quantitative estimate of drug-likeness (QED) is 0.605. The maximum absolute atomic E-state index is 12.6. The Hall–Kier alpha value is -2.09. The Morgan fingerprint density at radius 3 is 3.04 bits per heavy atom. The molecule has 3 heterocycles. The maximum Gasteiger partial charge on any atom is 0.328 e. The molecule has 1 fully saturated rings. The van der Waals surface area contributed by atoms with Crippen LogP contribution in [0, 0.1) is 5.92 Å². The van der Waals surface area contributed by atoms with Crippen LogP contribution in [0.5, 0.6) is 0 Å². The van der Waals surface area contributed by atoms with Crippen molar-refractivity contribution in [1.29, 1.82) is 0 Å². The Morgan fingerprint density at radius 2 is 2.26 bits per heavy atom. The molecular formula is C18H20Cl2N6O. The molecule has 1 saturated heterocycles. The van der Waals surface area contributed by atoms with Crippen molar-refractivity contribution in [3.8, 4) is 0 Å². The Kier molecular flexibility index (Phi) is 5.08. The first-order valence-electron chi connectivity index (χ1n) is 8.89. The van der Waals surface area contributed by atoms with E-state index in [1.54, 1.807) is 29.0 Å². The fraction of sp³-hybridized carbons (Fsp3) is 0.389. The number of nitrogens with zero attached hydrogens (tertiary/aromatic N) is 3. The van der Waals surface area contributed by atoms with Gasteiger partial charge in [-0.25, -0.2) is 9.78 Å². The minimum Gasteiger partial charge on any atom is -0.354 e. The van der Waals surface area contributed by atoms with E-state index in [0.29, 0.717) is 33.1 Å². The van der Waals surface area contributed by atoms with Crippen molar-refractivity contribution in [3.63, 3.8) is 0 Å². The van der Waals surface area contributed by atoms with Crippen LogP contribution in [-0.4, -0.2) is 39.2 Å². The van der Waals surface area contributed by atoms with Crippen molar-refractivity contribution in [2.24, 2.45) is 5.92 Å². The van der Waals surface area contributed by atoms with E-state index < -0.39 is 0 Å². The predicted molar refractivity (Wildman–Crippen MR) is 108 cm³/mol. The van der Waals surface area contributed by atoms with Gasteiger partial charge in [-0.3, -0.25) is 4.57 Å². The predicted octanol–water partition coefficient (Wildman–Crippen LogP) is 3.06. The average Bonchev–Trinajstić information content (AvgIpc) is 3.28. The number of aromatic amines is 1. The fourth-order valence-corrected chi connectivity index (χ4v) is 3.91. The number of anilines is 1. The molecule has 0 radical (unpaired) electrons. The minimum atomic E-state index is -0.334. The summed E-state index contributed by atoms with van der Waals surface area (Å²) in [5.74, 6) is 1.06. The van der Waals surface area contributed by atoms with Crippen LogP contribution in [0.4, 0.5) is 5.95 Å². The van der Waals surface area contributed by atoms with Gasteiger partial charge in [-0.15, -0.1) is 0 Å². The molecule has 7 nitrogen and oxygen atoms in total. The molecule has 3 aromatic rings. The van der Waals surface area contributed by atoms with Crippen LogP contribution >= 0.6 is 23.2 Å². The van der Waals surface area contributed by atoms with Crippen LogP contribution in [0.2, 0.25) is 10.0 Å². The van der Waals surface area contributed by atoms with Gasteiger partial charge >= 0.3 is 5.69 Å². The van der Waals surface area contributed by atoms with Crippen molar-refractivity contribution < 1.29 is 0 Å². The highest BCUT2D eigenvalue weighted by molar-refractivity contribution is 6.33. The van der Waals surface area contributed by atoms with Gasteiger partial charge in [0.15, 0.2) is 5.65 Å². The molecule has 0 spiro atoms. The van der Waals surface area contributed by atoms with E-state index in [-0.39, 0.29) is 11.7 Å². The first kappa shape index (κ1) is 18.3. The molecule has 142 valence electrons. The van der Waals surface area contributed by atoms with Crippen LogP contribution in [-0.2, 0) is 0 Å². The number of imidazole rings is 1. The van der Waals surface area contributed by atoms with E-state index >= 15 is 0 Å². The number of nitrogens with one attached hydrogen (secondary N) is 3. The van der Waals surface area contributed by atoms with Crippen molar-refractivity contribution >= 4 is 40.3 Å². The number of fused-ring (bicyclic) bond motifs is 1. The second-order valence-electron chi connectivity index (χ2n) is 6.81. The minimum absolute atomic E-state index is 0.264. The summed E-state index contributed by atoms with van der Waals surface area (Å²) in [4.78, 5) is 24.2. The Labute approximate surface area is 166 Å². The third-order valence-electron chi connectivity index (χ3n) is 4.96. The van der Waals surface area contributed by atoms with Gasteiger partial charge in [0.05, 0.1) is 12.2 Å². The van der Waals surface area contributed by atoms with Crippen LogP contribution in [0.3, 0.4) is 0 Å². The monoisotopic (exact) mass is 406 g/mol. The molecule has 9 heteroatoms. The Balaban J connectivity index is 1.69. The van der Waals surface area contributed by atoms with E-state index in [9.17, 15) is 4.79 Å². The van der Waals surface area contributed by atoms with Gasteiger partial charge in [-0.05, 0) is 56.1 Å². The molecule has 0 amide bonds. The van der Waals surface area contributed by atoms with E-state index in [4.69, 9.17) is 23.2 Å². The summed E-state index contributed by atoms with van der Waals surface area (Å²) >= 11 is 12.4. The maximum atomic E-state index is 12.6. The largest absolute Gasteiger partial charge is 0.354 e. The van der Waals surface area contributed by atoms with Crippen molar-refractivity contribution in [1.82, 2.24) is 24.8 Å². The lowest BCUT2D eigenvalue weighted by molar-refractivity contribution is 0.612. The summed E-state index contributed by atoms with van der Waals surface area (Å²) in [6.45, 7) is 4.73. The molecule has 0 bridgehead atoms. The molecule has 0 aliphatic carbocycles. The topological polar surface area (TPSA) is 87.6 Å². The number of hydrogen-bond acceptors (Lipinski definition) is 5. The normalized spacial score (nSPS) is 18.1. The first-order chi connectivity index (χ1) is 13.0. The van der Waals surface area contributed by atoms with Crippen LogP contribution in [0.1, 0.15) is 24.9 Å². The fourth-order valence-electron chi connectivity index (χ4n) is 3.46. The summed E-state index contributed by atoms with van der Waals surface area (Å²) in [6, 6.07) is 4.89. The van der Waals surface area contributed by atoms with Crippen LogP contribution in [0.25, 0.3) is 11.2 Å². The summed E-state index contributed by atoms with van der Waals surface area (Å²) in [5, 5.41) is 7.73. The highest BCUT2D eigenvalue weighted by Gasteiger charge is 2.20. The van der Waals surface area contributed by atoms with Crippen molar-refractivity contribution in [2.75, 3.05) is 25.0 Å². The zero-order valence-electron chi connectivity index (χ0n) is 14.8. The Morgan fingerprint density at radius 1 is 1.41 bits per heavy atom. The third kappa shape index (κ3) is 3.67. The van der Waals surface area contributed by atoms with Crippen LogP contribution < -0.4 is 16.3 Å². The van der Waals surface area contributed by atoms with Gasteiger partial charge in [0.2, 0.25) is 5.95 Å². The number of benzene rings is 1. The molecule has 1 aliphatic heterocycles. The van der Waals surface area contributed by atoms with Crippen LogP contribution in [0.15, 0.2) is 29.2 Å². The Bertz CT molecular complexity index is 1020. The standard InChI is InChI=1S/C18H20Cl2N6O/c1-10(13-6-12(19)2-3-14(13)20)26-16-15(24-18(26)27)9-23-17(25-16)22-8-11-4-5-21-7-11/h2-3,6,9-11,21H,4-5,7-8H2,1H3,(H,24,27)(H,22,23,25)/t10-,11?/m1/s1. The summed E-state index contributed by atoms with van der Waals surface area (Å²) in [6.07, 6.45) is 2.76. The van der Waals surface area contributed by atoms with Gasteiger partial charge in [-0.1, -0.05) is 23.2 Å². The van der Waals surface area contributed by atoms with E-state index in [1.165, 1.54) is 0 Å². The number of hydrogen-bond donors (Lipinski definition) is 3. The summed E-state index contributed by atoms with van der Waals surface area (Å²) in [7, 11) is 0. The van der Waals surface area contributed by atoms with E-state index in [1.807, 2.05) is 6.92 Å². The lowest BCUT2D eigenvalue weighted by Crippen LogP contribution is -2.22. The lowest BCUT2D eigenvalue weighted by atomic mass is 10.1. The second-order valence-corrected chi connectivity index (χ2v) is 7.66. The molecule has 27 heavy (non-hydrogen) atoms. The van der Waals surface area contributed by atoms with Crippen molar-refractivity contribution in [3.05, 3.63) is 50.5 Å². The smallest absolute Gasteiger partial charge is 0.328 e. The lowest BCUT2D eigenvalue weighted by Gasteiger charge is -2.16. The molecule has 4 rings (SSSR count). The average molecular weight is 407 g/mol. The number of rotatable bonds is 5. The number of H-pyrrole nitrogens is 1. The molecule has 2 aromatic heterocycles. The van der Waals surface area contributed by atoms with Gasteiger partial charge in [0.1, 0.15) is 5.52 Å². The van der Waals surface area contributed by atoms with Gasteiger partial charge in [0.25, 0.3) is 0 Å². The zero-order chi connectivity index (χ0) is 19.0. The summed E-state index contributed by atoms with van der Waals surface area (Å²) in [5.41, 5.74) is 1.61. The molecule has 3 N–H and O–H groups in total. The highest BCUT2D eigenvalue weighted by atomic mass is 35.5. The molecule has 1 unspecified atom stereocenters. The van der Waals surface area contributed by atoms with E-state index in [2.05, 4.69) is 25.6 Å².